The van der Waals surface area contributed by atoms with Gasteiger partial charge in [0.15, 0.2) is 0 Å². The fraction of sp³-hybridized carbons (Fsp3) is 0.400. The summed E-state index contributed by atoms with van der Waals surface area (Å²) in [6.07, 6.45) is 0.755. The summed E-state index contributed by atoms with van der Waals surface area (Å²) in [5.41, 5.74) is 0.656. The maximum Gasteiger partial charge on any atom is 0.326 e. The van der Waals surface area contributed by atoms with E-state index in [-0.39, 0.29) is 5.56 Å². The average Bonchev–Trinajstić information content (AvgIpc) is 2.56. The summed E-state index contributed by atoms with van der Waals surface area (Å²) in [6.45, 7) is 1.60. The van der Waals surface area contributed by atoms with Crippen LogP contribution in [0.25, 0.3) is 0 Å². The number of nitrogens with one attached hydrogen (secondary N) is 1. The van der Waals surface area contributed by atoms with Gasteiger partial charge in [-0.15, -0.1) is 0 Å². The van der Waals surface area contributed by atoms with Gasteiger partial charge in [-0.1, -0.05) is 0 Å². The van der Waals surface area contributed by atoms with Crippen LogP contribution < -0.4 is 5.32 Å². The summed E-state index contributed by atoms with van der Waals surface area (Å²) in [7, 11) is 1.62. The second-order valence-electron chi connectivity index (χ2n) is 3.76. The fourth-order valence-corrected chi connectivity index (χ4v) is 1.43. The van der Waals surface area contributed by atoms with Crippen molar-refractivity contribution < 1.29 is 24.6 Å². The molecule has 98 valence electrons. The van der Waals surface area contributed by atoms with Crippen molar-refractivity contribution in [2.24, 2.45) is 7.05 Å². The Morgan fingerprint density at radius 1 is 1.44 bits per heavy atom. The molecule has 0 fully saturated rings. The summed E-state index contributed by atoms with van der Waals surface area (Å²) in [5.74, 6) is -3.35. The Balaban J connectivity index is 2.81. The third-order valence-corrected chi connectivity index (χ3v) is 2.24. The Kier molecular flexibility index (Phi) is 4.03. The van der Waals surface area contributed by atoms with Gasteiger partial charge in [-0.05, 0) is 6.92 Å². The number of aliphatic carboxylic acids is 2. The van der Waals surface area contributed by atoms with Crippen molar-refractivity contribution >= 4 is 17.8 Å². The molecule has 0 aliphatic carbocycles. The van der Waals surface area contributed by atoms with Crippen LogP contribution in [0.5, 0.6) is 0 Å². The van der Waals surface area contributed by atoms with Crippen molar-refractivity contribution in [2.75, 3.05) is 0 Å². The highest BCUT2D eigenvalue weighted by Crippen LogP contribution is 2.05. The maximum absolute atomic E-state index is 11.8. The molecule has 0 unspecified atom stereocenters. The van der Waals surface area contributed by atoms with E-state index in [9.17, 15) is 14.4 Å². The number of aromatic nitrogens is 2. The summed E-state index contributed by atoms with van der Waals surface area (Å²) < 4.78 is 1.41. The number of hydrogen-bond donors (Lipinski definition) is 3. The molecule has 0 saturated heterocycles. The molecule has 1 amide bonds. The van der Waals surface area contributed by atoms with Crippen LogP contribution in [0, 0.1) is 6.92 Å². The van der Waals surface area contributed by atoms with Crippen molar-refractivity contribution in [1.82, 2.24) is 15.1 Å². The molecule has 1 rings (SSSR count). The molecule has 1 aromatic rings. The first kappa shape index (κ1) is 13.7. The molecule has 0 spiro atoms. The number of aryl methyl sites for hydroxylation is 2. The predicted molar refractivity (Wildman–Crippen MR) is 59.1 cm³/mol. The molecule has 0 bridgehead atoms. The normalized spacial score (nSPS) is 11.9. The molecule has 0 aliphatic rings. The van der Waals surface area contributed by atoms with E-state index in [4.69, 9.17) is 10.2 Å². The predicted octanol–water partition coefficient (Wildman–Crippen LogP) is -0.614. The van der Waals surface area contributed by atoms with Gasteiger partial charge < -0.3 is 15.5 Å². The monoisotopic (exact) mass is 255 g/mol. The zero-order chi connectivity index (χ0) is 13.9. The first-order chi connectivity index (χ1) is 8.31. The number of hydrogen-bond acceptors (Lipinski definition) is 4. The summed E-state index contributed by atoms with van der Waals surface area (Å²) in [6, 6.07) is -1.46. The summed E-state index contributed by atoms with van der Waals surface area (Å²) >= 11 is 0. The second-order valence-corrected chi connectivity index (χ2v) is 3.76. The van der Waals surface area contributed by atoms with Crippen molar-refractivity contribution in [2.45, 2.75) is 19.4 Å². The number of carbonyl (C=O) groups excluding carboxylic acids is 1. The molecule has 0 saturated carbocycles. The fourth-order valence-electron chi connectivity index (χ4n) is 1.43. The van der Waals surface area contributed by atoms with E-state index < -0.39 is 30.3 Å². The number of carbonyl (C=O) groups is 3. The maximum atomic E-state index is 11.8. The van der Waals surface area contributed by atoms with Gasteiger partial charge in [0, 0.05) is 13.2 Å². The van der Waals surface area contributed by atoms with Crippen molar-refractivity contribution in [3.05, 3.63) is 17.5 Å². The van der Waals surface area contributed by atoms with E-state index in [0.717, 1.165) is 0 Å². The van der Waals surface area contributed by atoms with E-state index in [2.05, 4.69) is 10.4 Å². The standard InChI is InChI=1S/C10H13N3O5/c1-5-6(4-13(2)12-5)9(16)11-7(10(17)18)3-8(14)15/h4,7H,3H2,1-2H3,(H,11,16)(H,14,15)(H,17,18)/t7-/m0/s1. The van der Waals surface area contributed by atoms with Gasteiger partial charge >= 0.3 is 11.9 Å². The molecule has 0 aliphatic heterocycles. The van der Waals surface area contributed by atoms with Crippen LogP contribution in [0.1, 0.15) is 22.5 Å². The number of carboxylic acid groups (broad SMARTS) is 2. The van der Waals surface area contributed by atoms with Crippen LogP contribution >= 0.6 is 0 Å². The number of rotatable bonds is 5. The Morgan fingerprint density at radius 2 is 2.06 bits per heavy atom. The van der Waals surface area contributed by atoms with Gasteiger partial charge in [0.1, 0.15) is 6.04 Å². The van der Waals surface area contributed by atoms with Crippen LogP contribution in [-0.2, 0) is 16.6 Å². The van der Waals surface area contributed by atoms with Crippen LogP contribution in [0.3, 0.4) is 0 Å². The SMILES string of the molecule is Cc1nn(C)cc1C(=O)N[C@@H](CC(=O)O)C(=O)O. The summed E-state index contributed by atoms with van der Waals surface area (Å²) in [4.78, 5) is 33.0. The molecular weight excluding hydrogens is 242 g/mol. The molecule has 8 nitrogen and oxygen atoms in total. The highest BCUT2D eigenvalue weighted by atomic mass is 16.4. The van der Waals surface area contributed by atoms with Gasteiger partial charge in [0.2, 0.25) is 0 Å². The lowest BCUT2D eigenvalue weighted by atomic mass is 10.2. The molecule has 8 heteroatoms. The van der Waals surface area contributed by atoms with E-state index in [0.29, 0.717) is 5.69 Å². The third-order valence-electron chi connectivity index (χ3n) is 2.24. The molecule has 0 radical (unpaired) electrons. The minimum atomic E-state index is -1.46. The number of carboxylic acids is 2. The minimum Gasteiger partial charge on any atom is -0.481 e. The van der Waals surface area contributed by atoms with Crippen molar-refractivity contribution in [3.8, 4) is 0 Å². The number of nitrogens with zero attached hydrogens (tertiary/aromatic N) is 2. The lowest BCUT2D eigenvalue weighted by Crippen LogP contribution is -2.42. The average molecular weight is 255 g/mol. The van der Waals surface area contributed by atoms with E-state index in [1.165, 1.54) is 10.9 Å². The molecule has 18 heavy (non-hydrogen) atoms. The van der Waals surface area contributed by atoms with Gasteiger partial charge in [-0.3, -0.25) is 14.3 Å². The van der Waals surface area contributed by atoms with Crippen LogP contribution in [0.15, 0.2) is 6.20 Å². The van der Waals surface area contributed by atoms with Crippen molar-refractivity contribution in [1.29, 1.82) is 0 Å². The zero-order valence-corrected chi connectivity index (χ0v) is 9.88. The van der Waals surface area contributed by atoms with Gasteiger partial charge in [-0.25, -0.2) is 4.79 Å². The zero-order valence-electron chi connectivity index (χ0n) is 9.88. The molecule has 0 aromatic carbocycles. The van der Waals surface area contributed by atoms with Gasteiger partial charge in [0.25, 0.3) is 5.91 Å². The highest BCUT2D eigenvalue weighted by Gasteiger charge is 2.24. The molecular formula is C10H13N3O5. The molecule has 1 heterocycles. The lowest BCUT2D eigenvalue weighted by molar-refractivity contribution is -0.145. The van der Waals surface area contributed by atoms with E-state index in [1.807, 2.05) is 0 Å². The minimum absolute atomic E-state index is 0.217. The topological polar surface area (TPSA) is 122 Å². The van der Waals surface area contributed by atoms with Gasteiger partial charge in [-0.2, -0.15) is 5.10 Å². The highest BCUT2D eigenvalue weighted by molar-refractivity contribution is 5.97. The first-order valence-corrected chi connectivity index (χ1v) is 5.07. The Hall–Kier alpha value is -2.38. The summed E-state index contributed by atoms with van der Waals surface area (Å²) in [5, 5.41) is 23.4. The van der Waals surface area contributed by atoms with Crippen LogP contribution in [-0.4, -0.2) is 43.9 Å². The Morgan fingerprint density at radius 3 is 2.44 bits per heavy atom. The lowest BCUT2D eigenvalue weighted by Gasteiger charge is -2.11. The van der Waals surface area contributed by atoms with Crippen LogP contribution in [0.4, 0.5) is 0 Å². The van der Waals surface area contributed by atoms with Crippen LogP contribution in [0.2, 0.25) is 0 Å². The number of amides is 1. The smallest absolute Gasteiger partial charge is 0.326 e. The molecule has 1 atom stereocenters. The Bertz CT molecular complexity index is 494. The molecule has 1 aromatic heterocycles. The first-order valence-electron chi connectivity index (χ1n) is 5.07. The van der Waals surface area contributed by atoms with E-state index >= 15 is 0 Å². The van der Waals surface area contributed by atoms with Crippen molar-refractivity contribution in [3.63, 3.8) is 0 Å². The quantitative estimate of drug-likeness (QED) is 0.645. The third kappa shape index (κ3) is 3.30. The second kappa shape index (κ2) is 5.30. The largest absolute Gasteiger partial charge is 0.481 e. The van der Waals surface area contributed by atoms with E-state index in [1.54, 1.807) is 14.0 Å². The molecule has 3 N–H and O–H groups in total. The van der Waals surface area contributed by atoms with Gasteiger partial charge in [0.05, 0.1) is 17.7 Å². The Labute approximate surface area is 102 Å².